The number of rotatable bonds is 7. The number of aromatic nitrogens is 5. The zero-order valence-electron chi connectivity index (χ0n) is 17.2. The van der Waals surface area contributed by atoms with Gasteiger partial charge in [0.15, 0.2) is 5.13 Å². The van der Waals surface area contributed by atoms with Crippen LogP contribution in [-0.2, 0) is 6.42 Å². The largest absolute Gasteiger partial charge is 0.493 e. The zero-order valence-corrected chi connectivity index (χ0v) is 18.1. The van der Waals surface area contributed by atoms with E-state index in [1.807, 2.05) is 30.3 Å². The molecule has 0 radical (unpaired) electrons. The summed E-state index contributed by atoms with van der Waals surface area (Å²) in [6.07, 6.45) is 2.33. The van der Waals surface area contributed by atoms with Gasteiger partial charge >= 0.3 is 0 Å². The van der Waals surface area contributed by atoms with Gasteiger partial charge in [-0.2, -0.15) is 0 Å². The van der Waals surface area contributed by atoms with Crippen LogP contribution >= 0.6 is 11.3 Å². The van der Waals surface area contributed by atoms with Crippen LogP contribution in [0.1, 0.15) is 35.8 Å². The monoisotopic (exact) mass is 420 g/mol. The van der Waals surface area contributed by atoms with Gasteiger partial charge in [-0.3, -0.25) is 0 Å². The molecule has 0 aliphatic heterocycles. The number of ether oxygens (including phenoxy) is 1. The zero-order chi connectivity index (χ0) is 21.1. The fourth-order valence-electron chi connectivity index (χ4n) is 3.41. The maximum absolute atomic E-state index is 6.12. The maximum Gasteiger partial charge on any atom is 0.180 e. The van der Waals surface area contributed by atoms with Gasteiger partial charge in [0.1, 0.15) is 12.1 Å². The number of para-hydroxylation sites is 1. The number of benzene rings is 2. The molecule has 0 atom stereocenters. The maximum atomic E-state index is 6.12. The van der Waals surface area contributed by atoms with Gasteiger partial charge in [0.05, 0.1) is 18.0 Å². The second-order valence-electron chi connectivity index (χ2n) is 7.44. The Hall–Kier alpha value is -3.26. The normalized spacial score (nSPS) is 11.2. The summed E-state index contributed by atoms with van der Waals surface area (Å²) < 4.78 is 7.78. The van der Waals surface area contributed by atoms with Crippen molar-refractivity contribution in [2.24, 2.45) is 0 Å². The van der Waals surface area contributed by atoms with Crippen LogP contribution in [0.4, 0.5) is 5.13 Å². The molecule has 8 heteroatoms. The number of tetrazole rings is 1. The molecule has 0 saturated carbocycles. The molecule has 0 amide bonds. The van der Waals surface area contributed by atoms with E-state index in [-0.39, 0.29) is 0 Å². The highest BCUT2D eigenvalue weighted by molar-refractivity contribution is 7.15. The topological polar surface area (TPSA) is 91.7 Å². The van der Waals surface area contributed by atoms with E-state index >= 15 is 0 Å². The number of nitrogens with zero attached hydrogens (tertiary/aromatic N) is 5. The summed E-state index contributed by atoms with van der Waals surface area (Å²) in [5, 5.41) is 12.0. The van der Waals surface area contributed by atoms with Gasteiger partial charge in [0, 0.05) is 16.9 Å². The summed E-state index contributed by atoms with van der Waals surface area (Å²) >= 11 is 1.55. The lowest BCUT2D eigenvalue weighted by atomic mass is 10.0. The van der Waals surface area contributed by atoms with Crippen LogP contribution in [0.5, 0.6) is 5.75 Å². The molecular formula is C22H24N6OS. The van der Waals surface area contributed by atoms with Crippen LogP contribution in [0, 0.1) is 6.92 Å². The Kier molecular flexibility index (Phi) is 5.76. The lowest BCUT2D eigenvalue weighted by molar-refractivity contribution is 0.321. The molecule has 0 aliphatic rings. The number of hydrogen-bond acceptors (Lipinski definition) is 7. The quantitative estimate of drug-likeness (QED) is 0.476. The van der Waals surface area contributed by atoms with Crippen molar-refractivity contribution in [3.8, 4) is 22.7 Å². The fraction of sp³-hybridized carbons (Fsp3) is 0.273. The predicted octanol–water partition coefficient (Wildman–Crippen LogP) is 4.42. The molecule has 2 aromatic carbocycles. The lowest BCUT2D eigenvalue weighted by Gasteiger charge is -2.12. The van der Waals surface area contributed by atoms with Crippen molar-refractivity contribution in [1.82, 2.24) is 25.2 Å². The molecule has 2 heterocycles. The molecule has 4 aromatic rings. The molecule has 0 aliphatic carbocycles. The predicted molar refractivity (Wildman–Crippen MR) is 119 cm³/mol. The van der Waals surface area contributed by atoms with E-state index in [1.54, 1.807) is 22.3 Å². The molecule has 0 spiro atoms. The first kappa shape index (κ1) is 20.0. The van der Waals surface area contributed by atoms with Gasteiger partial charge in [-0.25, -0.2) is 9.67 Å². The number of nitrogens with two attached hydrogens (primary N) is 1. The number of anilines is 1. The first-order valence-corrected chi connectivity index (χ1v) is 10.6. The molecule has 154 valence electrons. The van der Waals surface area contributed by atoms with Crippen LogP contribution in [-0.4, -0.2) is 31.8 Å². The summed E-state index contributed by atoms with van der Waals surface area (Å²) in [6.45, 7) is 6.92. The van der Waals surface area contributed by atoms with Crippen molar-refractivity contribution in [3.63, 3.8) is 0 Å². The molecule has 4 rings (SSSR count). The highest BCUT2D eigenvalue weighted by Crippen LogP contribution is 2.36. The highest BCUT2D eigenvalue weighted by atomic mass is 32.1. The molecule has 0 saturated heterocycles. The molecule has 30 heavy (non-hydrogen) atoms. The van der Waals surface area contributed by atoms with Crippen LogP contribution in [0.3, 0.4) is 0 Å². The second-order valence-corrected chi connectivity index (χ2v) is 8.50. The SMILES string of the molecule is Cc1cc(OCCc2ccccc2-n2cnnn2)cc(-c2nc(N)sc2C(C)C)c1. The summed E-state index contributed by atoms with van der Waals surface area (Å²) in [4.78, 5) is 5.77. The molecule has 0 bridgehead atoms. The smallest absolute Gasteiger partial charge is 0.180 e. The highest BCUT2D eigenvalue weighted by Gasteiger charge is 2.16. The van der Waals surface area contributed by atoms with E-state index in [0.717, 1.165) is 40.2 Å². The van der Waals surface area contributed by atoms with Crippen molar-refractivity contribution in [3.05, 3.63) is 64.8 Å². The molecule has 2 N–H and O–H groups in total. The Morgan fingerprint density at radius 3 is 2.77 bits per heavy atom. The average Bonchev–Trinajstić information content (AvgIpc) is 3.38. The average molecular weight is 421 g/mol. The van der Waals surface area contributed by atoms with Crippen molar-refractivity contribution in [1.29, 1.82) is 0 Å². The van der Waals surface area contributed by atoms with Crippen molar-refractivity contribution >= 4 is 16.5 Å². The fourth-order valence-corrected chi connectivity index (χ4v) is 4.27. The molecule has 0 fully saturated rings. The Balaban J connectivity index is 1.52. The molecular weight excluding hydrogens is 396 g/mol. The first-order valence-electron chi connectivity index (χ1n) is 9.83. The molecule has 7 nitrogen and oxygen atoms in total. The number of thiazole rings is 1. The Bertz CT molecular complexity index is 1140. The standard InChI is InChI=1S/C22H24N6OS/c1-14(2)21-20(25-22(23)30-21)17-10-15(3)11-18(12-17)29-9-8-16-6-4-5-7-19(16)28-13-24-26-27-28/h4-7,10-14H,8-9H2,1-3H3,(H2,23,25). The first-order chi connectivity index (χ1) is 14.5. The van der Waals surface area contributed by atoms with E-state index in [4.69, 9.17) is 10.5 Å². The van der Waals surface area contributed by atoms with E-state index in [9.17, 15) is 0 Å². The van der Waals surface area contributed by atoms with Gasteiger partial charge < -0.3 is 10.5 Å². The third-order valence-electron chi connectivity index (χ3n) is 4.75. The Morgan fingerprint density at radius 2 is 2.00 bits per heavy atom. The van der Waals surface area contributed by atoms with Crippen LogP contribution in [0.15, 0.2) is 48.8 Å². The summed E-state index contributed by atoms with van der Waals surface area (Å²) in [6, 6.07) is 14.3. The van der Waals surface area contributed by atoms with Gasteiger partial charge in [-0.15, -0.1) is 16.4 Å². The minimum absolute atomic E-state index is 0.363. The van der Waals surface area contributed by atoms with E-state index < -0.39 is 0 Å². The summed E-state index contributed by atoms with van der Waals surface area (Å²) in [5.41, 5.74) is 11.2. The van der Waals surface area contributed by atoms with Gasteiger partial charge in [0.25, 0.3) is 0 Å². The lowest BCUT2D eigenvalue weighted by Crippen LogP contribution is -2.06. The van der Waals surface area contributed by atoms with Gasteiger partial charge in [0.2, 0.25) is 0 Å². The van der Waals surface area contributed by atoms with Crippen molar-refractivity contribution in [2.45, 2.75) is 33.1 Å². The molecule has 2 aromatic heterocycles. The summed E-state index contributed by atoms with van der Waals surface area (Å²) in [7, 11) is 0. The number of hydrogen-bond donors (Lipinski definition) is 1. The van der Waals surface area contributed by atoms with Crippen molar-refractivity contribution in [2.75, 3.05) is 12.3 Å². The minimum Gasteiger partial charge on any atom is -0.493 e. The van der Waals surface area contributed by atoms with Crippen molar-refractivity contribution < 1.29 is 4.74 Å². The van der Waals surface area contributed by atoms with E-state index in [0.29, 0.717) is 17.7 Å². The van der Waals surface area contributed by atoms with Gasteiger partial charge in [-0.1, -0.05) is 32.0 Å². The Morgan fingerprint density at radius 1 is 1.17 bits per heavy atom. The molecule has 0 unspecified atom stereocenters. The summed E-state index contributed by atoms with van der Waals surface area (Å²) in [5.74, 6) is 1.19. The number of aryl methyl sites for hydroxylation is 1. The second kappa shape index (κ2) is 8.62. The number of nitrogen functional groups attached to an aromatic ring is 1. The van der Waals surface area contributed by atoms with Gasteiger partial charge in [-0.05, 0) is 58.7 Å². The third-order valence-corrected chi connectivity index (χ3v) is 5.93. The minimum atomic E-state index is 0.363. The van der Waals surface area contributed by atoms with Crippen LogP contribution in [0.2, 0.25) is 0 Å². The van der Waals surface area contributed by atoms with E-state index in [2.05, 4.69) is 53.4 Å². The van der Waals surface area contributed by atoms with Crippen LogP contribution in [0.25, 0.3) is 16.9 Å². The Labute approximate surface area is 179 Å². The third kappa shape index (κ3) is 4.33. The van der Waals surface area contributed by atoms with E-state index in [1.165, 1.54) is 4.88 Å². The van der Waals surface area contributed by atoms with Crippen LogP contribution < -0.4 is 10.5 Å².